The molecule has 10 heavy (non-hydrogen) atoms. The van der Waals surface area contributed by atoms with Gasteiger partial charge in [0.15, 0.2) is 0 Å². The Balaban J connectivity index is 2.33. The number of hydrogen-bond acceptors (Lipinski definition) is 3. The van der Waals surface area contributed by atoms with Gasteiger partial charge in [0.1, 0.15) is 0 Å². The molecule has 3 nitrogen and oxygen atoms in total. The van der Waals surface area contributed by atoms with Gasteiger partial charge in [0.05, 0.1) is 12.7 Å². The summed E-state index contributed by atoms with van der Waals surface area (Å²) < 4.78 is 5.44. The van der Waals surface area contributed by atoms with Gasteiger partial charge in [-0.05, 0) is 14.0 Å². The quantitative estimate of drug-likeness (QED) is 0.547. The predicted octanol–water partition coefficient (Wildman–Crippen LogP) is -0.336. The van der Waals surface area contributed by atoms with Crippen LogP contribution in [0, 0.1) is 0 Å². The summed E-state index contributed by atoms with van der Waals surface area (Å²) >= 11 is 0. The van der Waals surface area contributed by atoms with Gasteiger partial charge in [-0.1, -0.05) is 0 Å². The molecule has 1 saturated heterocycles. The van der Waals surface area contributed by atoms with Crippen LogP contribution in [0.4, 0.5) is 0 Å². The molecule has 0 amide bonds. The summed E-state index contributed by atoms with van der Waals surface area (Å²) in [7, 11) is 2.11. The zero-order chi connectivity index (χ0) is 7.56. The van der Waals surface area contributed by atoms with Gasteiger partial charge < -0.3 is 10.5 Å². The number of nitrogens with two attached hydrogens (primary N) is 1. The summed E-state index contributed by atoms with van der Waals surface area (Å²) in [5.41, 5.74) is 5.46. The van der Waals surface area contributed by atoms with Crippen molar-refractivity contribution in [1.82, 2.24) is 4.90 Å². The van der Waals surface area contributed by atoms with E-state index in [0.29, 0.717) is 12.6 Å². The van der Waals surface area contributed by atoms with Crippen LogP contribution in [0.5, 0.6) is 0 Å². The van der Waals surface area contributed by atoms with E-state index in [9.17, 15) is 0 Å². The molecule has 0 aliphatic carbocycles. The molecule has 0 bridgehead atoms. The van der Waals surface area contributed by atoms with Gasteiger partial charge >= 0.3 is 0 Å². The monoisotopic (exact) mass is 144 g/mol. The first kappa shape index (κ1) is 7.98. The van der Waals surface area contributed by atoms with Gasteiger partial charge in [0.2, 0.25) is 0 Å². The van der Waals surface area contributed by atoms with Crippen molar-refractivity contribution in [1.29, 1.82) is 0 Å². The lowest BCUT2D eigenvalue weighted by atomic mass is 10.2. The largest absolute Gasteiger partial charge is 0.374 e. The van der Waals surface area contributed by atoms with Crippen molar-refractivity contribution in [3.05, 3.63) is 0 Å². The average molecular weight is 144 g/mol. The van der Waals surface area contributed by atoms with Crippen molar-refractivity contribution in [3.63, 3.8) is 0 Å². The SMILES string of the molecule is C[C@@H]1COC(CN)CN1C. The predicted molar refractivity (Wildman–Crippen MR) is 40.9 cm³/mol. The molecule has 60 valence electrons. The maximum atomic E-state index is 5.46. The van der Waals surface area contributed by atoms with E-state index in [2.05, 4.69) is 18.9 Å². The highest BCUT2D eigenvalue weighted by molar-refractivity contribution is 4.74. The summed E-state index contributed by atoms with van der Waals surface area (Å²) in [4.78, 5) is 2.28. The second kappa shape index (κ2) is 3.32. The smallest absolute Gasteiger partial charge is 0.0824 e. The normalized spacial score (nSPS) is 36.3. The highest BCUT2D eigenvalue weighted by Crippen LogP contribution is 2.07. The van der Waals surface area contributed by atoms with Crippen LogP contribution in [-0.4, -0.2) is 43.8 Å². The first-order valence-electron chi connectivity index (χ1n) is 3.76. The Labute approximate surface area is 62.1 Å². The van der Waals surface area contributed by atoms with Crippen molar-refractivity contribution < 1.29 is 4.74 Å². The number of rotatable bonds is 1. The molecule has 1 heterocycles. The van der Waals surface area contributed by atoms with Crippen molar-refractivity contribution >= 4 is 0 Å². The molecule has 0 spiro atoms. The molecule has 2 N–H and O–H groups in total. The molecule has 1 rings (SSSR count). The van der Waals surface area contributed by atoms with Crippen molar-refractivity contribution in [3.8, 4) is 0 Å². The molecule has 0 radical (unpaired) electrons. The zero-order valence-electron chi connectivity index (χ0n) is 6.71. The number of nitrogens with zero attached hydrogens (tertiary/aromatic N) is 1. The van der Waals surface area contributed by atoms with Crippen LogP contribution in [0.2, 0.25) is 0 Å². The van der Waals surface area contributed by atoms with E-state index in [4.69, 9.17) is 10.5 Å². The van der Waals surface area contributed by atoms with E-state index in [1.807, 2.05) is 0 Å². The Bertz CT molecular complexity index is 108. The minimum absolute atomic E-state index is 0.251. The number of ether oxygens (including phenoxy) is 1. The Hall–Kier alpha value is -0.120. The van der Waals surface area contributed by atoms with Crippen LogP contribution in [0.25, 0.3) is 0 Å². The summed E-state index contributed by atoms with van der Waals surface area (Å²) in [6.07, 6.45) is 0.251. The first-order chi connectivity index (χ1) is 4.74. The fourth-order valence-corrected chi connectivity index (χ4v) is 1.10. The number of likely N-dealkylation sites (N-methyl/N-ethyl adjacent to an activating group) is 1. The van der Waals surface area contributed by atoms with Crippen molar-refractivity contribution in [2.75, 3.05) is 26.7 Å². The van der Waals surface area contributed by atoms with Crippen LogP contribution in [0.15, 0.2) is 0 Å². The van der Waals surface area contributed by atoms with Gasteiger partial charge in [0, 0.05) is 19.1 Å². The van der Waals surface area contributed by atoms with E-state index in [0.717, 1.165) is 13.2 Å². The summed E-state index contributed by atoms with van der Waals surface area (Å²) in [6.45, 7) is 4.58. The topological polar surface area (TPSA) is 38.5 Å². The molecular formula is C7H16N2O. The van der Waals surface area contributed by atoms with Crippen molar-refractivity contribution in [2.45, 2.75) is 19.1 Å². The van der Waals surface area contributed by atoms with E-state index in [1.54, 1.807) is 0 Å². The first-order valence-corrected chi connectivity index (χ1v) is 3.76. The van der Waals surface area contributed by atoms with Crippen LogP contribution in [0.3, 0.4) is 0 Å². The maximum absolute atomic E-state index is 5.46. The lowest BCUT2D eigenvalue weighted by molar-refractivity contribution is -0.0432. The standard InChI is InChI=1S/C7H16N2O/c1-6-5-10-7(3-8)4-9(6)2/h6-7H,3-5,8H2,1-2H3/t6-,7?/m1/s1. The molecule has 3 heteroatoms. The Morgan fingerprint density at radius 1 is 1.70 bits per heavy atom. The Morgan fingerprint density at radius 3 is 2.90 bits per heavy atom. The molecule has 1 aliphatic rings. The Morgan fingerprint density at radius 2 is 2.40 bits per heavy atom. The van der Waals surface area contributed by atoms with Gasteiger partial charge in [0.25, 0.3) is 0 Å². The summed E-state index contributed by atoms with van der Waals surface area (Å²) in [6, 6.07) is 0.544. The minimum atomic E-state index is 0.251. The number of hydrogen-bond donors (Lipinski definition) is 1. The molecule has 0 aromatic rings. The molecule has 2 atom stereocenters. The van der Waals surface area contributed by atoms with Crippen molar-refractivity contribution in [2.24, 2.45) is 5.73 Å². The highest BCUT2D eigenvalue weighted by atomic mass is 16.5. The second-order valence-electron chi connectivity index (χ2n) is 2.98. The van der Waals surface area contributed by atoms with Gasteiger partial charge in [-0.3, -0.25) is 4.90 Å². The molecular weight excluding hydrogens is 128 g/mol. The fourth-order valence-electron chi connectivity index (χ4n) is 1.10. The van der Waals surface area contributed by atoms with Crippen LogP contribution < -0.4 is 5.73 Å². The molecule has 0 aromatic heterocycles. The molecule has 0 aromatic carbocycles. The van der Waals surface area contributed by atoms with E-state index < -0.39 is 0 Å². The van der Waals surface area contributed by atoms with Gasteiger partial charge in [-0.25, -0.2) is 0 Å². The Kier molecular flexibility index (Phi) is 2.65. The van der Waals surface area contributed by atoms with E-state index in [-0.39, 0.29) is 6.10 Å². The lowest BCUT2D eigenvalue weighted by Gasteiger charge is -2.34. The third kappa shape index (κ3) is 1.68. The summed E-state index contributed by atoms with van der Waals surface area (Å²) in [5, 5.41) is 0. The van der Waals surface area contributed by atoms with Crippen LogP contribution >= 0.6 is 0 Å². The third-order valence-corrected chi connectivity index (χ3v) is 2.08. The van der Waals surface area contributed by atoms with Gasteiger partial charge in [-0.15, -0.1) is 0 Å². The number of morpholine rings is 1. The lowest BCUT2D eigenvalue weighted by Crippen LogP contribution is -2.48. The molecule has 1 fully saturated rings. The molecule has 1 unspecified atom stereocenters. The summed E-state index contributed by atoms with van der Waals surface area (Å²) in [5.74, 6) is 0. The minimum Gasteiger partial charge on any atom is -0.374 e. The van der Waals surface area contributed by atoms with Gasteiger partial charge in [-0.2, -0.15) is 0 Å². The molecule has 0 saturated carbocycles. The third-order valence-electron chi connectivity index (χ3n) is 2.08. The van der Waals surface area contributed by atoms with E-state index in [1.165, 1.54) is 0 Å². The maximum Gasteiger partial charge on any atom is 0.0824 e. The molecule has 1 aliphatic heterocycles. The fraction of sp³-hybridized carbons (Fsp3) is 1.00. The highest BCUT2D eigenvalue weighted by Gasteiger charge is 2.21. The average Bonchev–Trinajstić information content (AvgIpc) is 1.95. The van der Waals surface area contributed by atoms with Crippen LogP contribution in [-0.2, 0) is 4.74 Å². The van der Waals surface area contributed by atoms with E-state index >= 15 is 0 Å². The van der Waals surface area contributed by atoms with Crippen LogP contribution in [0.1, 0.15) is 6.92 Å². The zero-order valence-corrected chi connectivity index (χ0v) is 6.71. The second-order valence-corrected chi connectivity index (χ2v) is 2.98.